The number of nitrogens with one attached hydrogen (secondary N) is 2. The van der Waals surface area contributed by atoms with E-state index in [1.807, 2.05) is 37.4 Å². The molecule has 1 unspecified atom stereocenters. The van der Waals surface area contributed by atoms with Crippen molar-refractivity contribution in [3.63, 3.8) is 0 Å². The number of carbonyl (C=O) groups excluding carboxylic acids is 1. The van der Waals surface area contributed by atoms with Gasteiger partial charge in [0.2, 0.25) is 0 Å². The topological polar surface area (TPSA) is 42.8 Å². The number of anilines is 1. The molecule has 0 spiro atoms. The number of likely N-dealkylation sites (N-methyl/N-ethyl adjacent to an activating group) is 1. The van der Waals surface area contributed by atoms with Gasteiger partial charge in [-0.3, -0.25) is 4.79 Å². The molecule has 0 aliphatic heterocycles. The molecule has 4 nitrogen and oxygen atoms in total. The Balaban J connectivity index is 1.72. The molecule has 23 heavy (non-hydrogen) atoms. The third kappa shape index (κ3) is 6.10. The predicted molar refractivity (Wildman–Crippen MR) is 93.6 cm³/mol. The summed E-state index contributed by atoms with van der Waals surface area (Å²) in [4.78, 5) is 13.1. The van der Waals surface area contributed by atoms with Gasteiger partial charge >= 0.3 is 0 Å². The third-order valence-electron chi connectivity index (χ3n) is 3.21. The lowest BCUT2D eigenvalue weighted by Crippen LogP contribution is -3.10. The van der Waals surface area contributed by atoms with Crippen LogP contribution in [0.5, 0.6) is 5.75 Å². The highest BCUT2D eigenvalue weighted by Gasteiger charge is 2.11. The van der Waals surface area contributed by atoms with Crippen molar-refractivity contribution in [2.24, 2.45) is 0 Å². The molecule has 2 rings (SSSR count). The minimum Gasteiger partial charge on any atom is -0.488 e. The lowest BCUT2D eigenvalue weighted by atomic mass is 10.3. The van der Waals surface area contributed by atoms with Crippen molar-refractivity contribution in [2.45, 2.75) is 0 Å². The average molecular weight is 354 g/mol. The highest BCUT2D eigenvalue weighted by molar-refractivity contribution is 6.42. The van der Waals surface area contributed by atoms with Crippen LogP contribution in [0, 0.1) is 0 Å². The van der Waals surface area contributed by atoms with E-state index < -0.39 is 0 Å². The van der Waals surface area contributed by atoms with Crippen LogP contribution >= 0.6 is 23.2 Å². The first-order valence-electron chi connectivity index (χ1n) is 7.28. The second-order valence-corrected chi connectivity index (χ2v) is 6.04. The van der Waals surface area contributed by atoms with E-state index in [4.69, 9.17) is 27.9 Å². The third-order valence-corrected chi connectivity index (χ3v) is 3.95. The molecule has 0 saturated heterocycles. The largest absolute Gasteiger partial charge is 0.488 e. The molecule has 0 bridgehead atoms. The van der Waals surface area contributed by atoms with Crippen molar-refractivity contribution in [3.8, 4) is 5.75 Å². The molecule has 6 heteroatoms. The number of quaternary nitrogens is 1. The number of benzene rings is 2. The Morgan fingerprint density at radius 3 is 2.57 bits per heavy atom. The molecular formula is C17H19Cl2N2O2+. The number of para-hydroxylation sites is 1. The van der Waals surface area contributed by atoms with Gasteiger partial charge in [-0.1, -0.05) is 41.4 Å². The zero-order valence-electron chi connectivity index (χ0n) is 12.8. The van der Waals surface area contributed by atoms with Gasteiger partial charge in [-0.15, -0.1) is 0 Å². The highest BCUT2D eigenvalue weighted by atomic mass is 35.5. The first-order valence-corrected chi connectivity index (χ1v) is 8.04. The fourth-order valence-corrected chi connectivity index (χ4v) is 2.30. The van der Waals surface area contributed by atoms with Gasteiger partial charge in [-0.2, -0.15) is 0 Å². The molecule has 1 amide bonds. The van der Waals surface area contributed by atoms with E-state index in [1.54, 1.807) is 18.2 Å². The van der Waals surface area contributed by atoms with Gasteiger partial charge in [0.05, 0.1) is 17.1 Å². The highest BCUT2D eigenvalue weighted by Crippen LogP contribution is 2.24. The normalized spacial score (nSPS) is 11.8. The maximum Gasteiger partial charge on any atom is 0.279 e. The molecule has 2 N–H and O–H groups in total. The van der Waals surface area contributed by atoms with E-state index in [9.17, 15) is 4.79 Å². The van der Waals surface area contributed by atoms with Crippen LogP contribution in [-0.2, 0) is 4.79 Å². The quantitative estimate of drug-likeness (QED) is 0.803. The first-order chi connectivity index (χ1) is 11.0. The second kappa shape index (κ2) is 8.77. The van der Waals surface area contributed by atoms with Crippen molar-refractivity contribution < 1.29 is 14.4 Å². The van der Waals surface area contributed by atoms with Crippen LogP contribution < -0.4 is 15.0 Å². The zero-order valence-corrected chi connectivity index (χ0v) is 14.3. The number of halogens is 2. The van der Waals surface area contributed by atoms with Gasteiger partial charge in [0.1, 0.15) is 18.9 Å². The van der Waals surface area contributed by atoms with Crippen molar-refractivity contribution >= 4 is 34.8 Å². The summed E-state index contributed by atoms with van der Waals surface area (Å²) in [6.45, 7) is 1.62. The van der Waals surface area contributed by atoms with Crippen LogP contribution in [0.1, 0.15) is 0 Å². The van der Waals surface area contributed by atoms with E-state index in [0.717, 1.165) is 17.2 Å². The van der Waals surface area contributed by atoms with Crippen LogP contribution in [0.25, 0.3) is 0 Å². The van der Waals surface area contributed by atoms with E-state index >= 15 is 0 Å². The number of amides is 1. The van der Waals surface area contributed by atoms with Gasteiger partial charge in [0, 0.05) is 5.69 Å². The molecule has 0 aliphatic rings. The minimum absolute atomic E-state index is 0.0828. The lowest BCUT2D eigenvalue weighted by Gasteiger charge is -2.14. The standard InChI is InChI=1S/C17H18Cl2N2O2/c1-21(9-10-23-14-5-3-2-4-6-14)12-17(22)20-13-7-8-15(18)16(19)11-13/h2-8,11H,9-10,12H2,1H3,(H,20,22)/p+1. The van der Waals surface area contributed by atoms with Gasteiger partial charge in [-0.05, 0) is 30.3 Å². The van der Waals surface area contributed by atoms with E-state index in [2.05, 4.69) is 5.32 Å². The molecule has 0 aromatic heterocycles. The summed E-state index contributed by atoms with van der Waals surface area (Å²) in [5.41, 5.74) is 0.637. The average Bonchev–Trinajstić information content (AvgIpc) is 2.52. The summed E-state index contributed by atoms with van der Waals surface area (Å²) in [6, 6.07) is 14.6. The lowest BCUT2D eigenvalue weighted by molar-refractivity contribution is -0.871. The molecule has 122 valence electrons. The molecule has 0 radical (unpaired) electrons. The molecular weight excluding hydrogens is 335 g/mol. The van der Waals surface area contributed by atoms with Crippen molar-refractivity contribution in [2.75, 3.05) is 32.1 Å². The predicted octanol–water partition coefficient (Wildman–Crippen LogP) is 2.53. The summed E-state index contributed by atoms with van der Waals surface area (Å²) >= 11 is 11.8. The summed E-state index contributed by atoms with van der Waals surface area (Å²) < 4.78 is 5.62. The molecule has 0 fully saturated rings. The van der Waals surface area contributed by atoms with Crippen molar-refractivity contribution in [3.05, 3.63) is 58.6 Å². The Morgan fingerprint density at radius 2 is 1.87 bits per heavy atom. The van der Waals surface area contributed by atoms with Crippen molar-refractivity contribution in [1.82, 2.24) is 0 Å². The Kier molecular flexibility index (Phi) is 6.71. The molecule has 1 atom stereocenters. The first kappa shape index (κ1) is 17.6. The van der Waals surface area contributed by atoms with Crippen molar-refractivity contribution in [1.29, 1.82) is 0 Å². The zero-order chi connectivity index (χ0) is 16.7. The number of carbonyl (C=O) groups is 1. The van der Waals surface area contributed by atoms with Gasteiger partial charge < -0.3 is 15.0 Å². The maximum absolute atomic E-state index is 12.0. The SMILES string of the molecule is C[NH+](CCOc1ccccc1)CC(=O)Nc1ccc(Cl)c(Cl)c1. The van der Waals surface area contributed by atoms with Crippen LogP contribution in [0.15, 0.2) is 48.5 Å². The molecule has 0 aliphatic carbocycles. The summed E-state index contributed by atoms with van der Waals surface area (Å²) in [5.74, 6) is 0.751. The fourth-order valence-electron chi connectivity index (χ4n) is 2.00. The fraction of sp³-hybridized carbons (Fsp3) is 0.235. The molecule has 2 aromatic carbocycles. The molecule has 2 aromatic rings. The van der Waals surface area contributed by atoms with Gasteiger partial charge in [0.15, 0.2) is 6.54 Å². The summed E-state index contributed by atoms with van der Waals surface area (Å²) in [7, 11) is 1.95. The number of hydrogen-bond donors (Lipinski definition) is 2. The smallest absolute Gasteiger partial charge is 0.279 e. The number of ether oxygens (including phenoxy) is 1. The minimum atomic E-state index is -0.0828. The second-order valence-electron chi connectivity index (χ2n) is 5.22. The summed E-state index contributed by atoms with van der Waals surface area (Å²) in [5, 5.41) is 3.69. The van der Waals surface area contributed by atoms with Crippen LogP contribution in [0.4, 0.5) is 5.69 Å². The van der Waals surface area contributed by atoms with Crippen LogP contribution in [-0.4, -0.2) is 32.7 Å². The number of rotatable bonds is 7. The van der Waals surface area contributed by atoms with Gasteiger partial charge in [-0.25, -0.2) is 0 Å². The number of hydrogen-bond acceptors (Lipinski definition) is 2. The van der Waals surface area contributed by atoms with Crippen LogP contribution in [0.2, 0.25) is 10.0 Å². The Morgan fingerprint density at radius 1 is 1.13 bits per heavy atom. The van der Waals surface area contributed by atoms with Gasteiger partial charge in [0.25, 0.3) is 5.91 Å². The molecule has 0 heterocycles. The van der Waals surface area contributed by atoms with E-state index in [-0.39, 0.29) is 5.91 Å². The maximum atomic E-state index is 12.0. The monoisotopic (exact) mass is 353 g/mol. The van der Waals surface area contributed by atoms with E-state index in [1.165, 1.54) is 0 Å². The van der Waals surface area contributed by atoms with E-state index in [0.29, 0.717) is 28.9 Å². The Hall–Kier alpha value is -1.75. The molecule has 0 saturated carbocycles. The Labute approximate surface area is 146 Å². The Bertz CT molecular complexity index is 650. The van der Waals surface area contributed by atoms with Crippen LogP contribution in [0.3, 0.4) is 0 Å². The summed E-state index contributed by atoms with van der Waals surface area (Å²) in [6.07, 6.45) is 0.